The van der Waals surface area contributed by atoms with Gasteiger partial charge >= 0.3 is 0 Å². The average molecular weight is 505 g/mol. The number of aromatic amines is 1. The minimum Gasteiger partial charge on any atom is -0.395 e. The molecule has 2 fully saturated rings. The van der Waals surface area contributed by atoms with Gasteiger partial charge in [-0.2, -0.15) is 17.4 Å². The fraction of sp³-hybridized carbons (Fsp3) is 0.545. The Morgan fingerprint density at radius 2 is 2.06 bits per heavy atom. The Kier molecular flexibility index (Phi) is 5.62. The minimum absolute atomic E-state index is 0.0348. The molecule has 4 atom stereocenters. The van der Waals surface area contributed by atoms with E-state index in [4.69, 9.17) is 10.1 Å². The van der Waals surface area contributed by atoms with Crippen LogP contribution in [0.2, 0.25) is 0 Å². The SMILES string of the molecule is O=S(=O)(NCCO)N1C[C@H]2CC(Nc3c(-c4nc5c(s4)C(O)CC5)cnc4[nH]ccc34)C[C@H]2C1. The fourth-order valence-corrected chi connectivity index (χ4v) is 8.14. The number of aromatic nitrogens is 3. The molecule has 6 rings (SSSR count). The Hall–Kier alpha value is -2.09. The molecule has 12 heteroatoms. The predicted molar refractivity (Wildman–Crippen MR) is 130 cm³/mol. The Balaban J connectivity index is 1.23. The van der Waals surface area contributed by atoms with Crippen molar-refractivity contribution in [2.24, 2.45) is 11.8 Å². The van der Waals surface area contributed by atoms with Crippen molar-refractivity contribution in [1.29, 1.82) is 0 Å². The summed E-state index contributed by atoms with van der Waals surface area (Å²) in [4.78, 5) is 13.6. The molecule has 5 N–H and O–H groups in total. The van der Waals surface area contributed by atoms with Crippen molar-refractivity contribution in [3.05, 3.63) is 29.0 Å². The van der Waals surface area contributed by atoms with E-state index >= 15 is 0 Å². The molecule has 10 nitrogen and oxygen atoms in total. The van der Waals surface area contributed by atoms with Gasteiger partial charge in [-0.15, -0.1) is 11.3 Å². The van der Waals surface area contributed by atoms with Crippen LogP contribution >= 0.6 is 11.3 Å². The van der Waals surface area contributed by atoms with Crippen molar-refractivity contribution in [1.82, 2.24) is 24.0 Å². The average Bonchev–Trinajstić information content (AvgIpc) is 3.60. The van der Waals surface area contributed by atoms with Crippen LogP contribution < -0.4 is 10.0 Å². The zero-order chi connectivity index (χ0) is 23.4. The second-order valence-corrected chi connectivity index (χ2v) is 12.2. The van der Waals surface area contributed by atoms with Gasteiger partial charge in [0.05, 0.1) is 34.5 Å². The number of thiazole rings is 1. The molecule has 0 spiro atoms. The molecule has 1 saturated heterocycles. The van der Waals surface area contributed by atoms with Crippen LogP contribution in [0.15, 0.2) is 18.5 Å². The number of aryl methyl sites for hydroxylation is 1. The van der Waals surface area contributed by atoms with Gasteiger partial charge in [-0.3, -0.25) is 0 Å². The van der Waals surface area contributed by atoms with E-state index in [1.807, 2.05) is 18.5 Å². The molecule has 34 heavy (non-hydrogen) atoms. The summed E-state index contributed by atoms with van der Waals surface area (Å²) < 4.78 is 28.9. The standard InChI is InChI=1S/C22H28N6O4S2/c29-6-5-25-34(31,32)28-10-12-7-14(8-13(12)11-28)26-19-15-3-4-23-21(15)24-9-16(19)22-27-17-1-2-18(30)20(17)33-22/h3-4,9,12-14,18,25,29-30H,1-2,5-8,10-11H2,(H2,23,24,26)/t12-,13+,14?,18?. The van der Waals surface area contributed by atoms with Gasteiger partial charge in [-0.1, -0.05) is 0 Å². The smallest absolute Gasteiger partial charge is 0.279 e. The molecule has 0 radical (unpaired) electrons. The summed E-state index contributed by atoms with van der Waals surface area (Å²) in [6.07, 6.45) is 6.61. The van der Waals surface area contributed by atoms with E-state index < -0.39 is 16.3 Å². The summed E-state index contributed by atoms with van der Waals surface area (Å²) in [5.74, 6) is 0.600. The molecule has 2 unspecified atom stereocenters. The maximum Gasteiger partial charge on any atom is 0.279 e. The molecular weight excluding hydrogens is 476 g/mol. The quantitative estimate of drug-likeness (QED) is 0.329. The Morgan fingerprint density at radius 1 is 1.26 bits per heavy atom. The van der Waals surface area contributed by atoms with E-state index in [9.17, 15) is 13.5 Å². The maximum absolute atomic E-state index is 12.4. The van der Waals surface area contributed by atoms with E-state index in [1.165, 1.54) is 4.31 Å². The number of fused-ring (bicyclic) bond motifs is 3. The highest BCUT2D eigenvalue weighted by Crippen LogP contribution is 2.45. The van der Waals surface area contributed by atoms with Gasteiger partial charge in [0.25, 0.3) is 10.2 Å². The highest BCUT2D eigenvalue weighted by atomic mass is 32.2. The Morgan fingerprint density at radius 3 is 2.79 bits per heavy atom. The number of nitrogens with zero attached hydrogens (tertiary/aromatic N) is 3. The van der Waals surface area contributed by atoms with E-state index in [1.54, 1.807) is 11.3 Å². The van der Waals surface area contributed by atoms with Gasteiger partial charge in [0.1, 0.15) is 10.7 Å². The highest BCUT2D eigenvalue weighted by Gasteiger charge is 2.44. The monoisotopic (exact) mass is 504 g/mol. The molecule has 182 valence electrons. The molecule has 0 bridgehead atoms. The van der Waals surface area contributed by atoms with Crippen molar-refractivity contribution in [3.63, 3.8) is 0 Å². The minimum atomic E-state index is -3.54. The van der Waals surface area contributed by atoms with Gasteiger partial charge in [0.2, 0.25) is 0 Å². The maximum atomic E-state index is 12.4. The van der Waals surface area contributed by atoms with Gasteiger partial charge < -0.3 is 20.5 Å². The summed E-state index contributed by atoms with van der Waals surface area (Å²) in [6.45, 7) is 0.828. The summed E-state index contributed by atoms with van der Waals surface area (Å²) >= 11 is 1.54. The number of rotatable bonds is 7. The Bertz CT molecular complexity index is 1310. The zero-order valence-electron chi connectivity index (χ0n) is 18.6. The first-order valence-electron chi connectivity index (χ1n) is 11.7. The largest absolute Gasteiger partial charge is 0.395 e. The molecule has 3 aromatic heterocycles. The van der Waals surface area contributed by atoms with Gasteiger partial charge in [-0.05, 0) is 43.6 Å². The number of aliphatic hydroxyl groups excluding tert-OH is 2. The van der Waals surface area contributed by atoms with Crippen molar-refractivity contribution >= 4 is 38.3 Å². The van der Waals surface area contributed by atoms with Crippen molar-refractivity contribution in [3.8, 4) is 10.6 Å². The molecular formula is C22H28N6O4S2. The van der Waals surface area contributed by atoms with E-state index in [0.717, 1.165) is 63.5 Å². The zero-order valence-corrected chi connectivity index (χ0v) is 20.2. The lowest BCUT2D eigenvalue weighted by molar-refractivity contribution is 0.183. The topological polar surface area (TPSA) is 143 Å². The van der Waals surface area contributed by atoms with Crippen molar-refractivity contribution in [2.45, 2.75) is 37.8 Å². The molecule has 3 aliphatic rings. The van der Waals surface area contributed by atoms with Crippen LogP contribution in [0.5, 0.6) is 0 Å². The van der Waals surface area contributed by atoms with Gasteiger partial charge in [-0.25, -0.2) is 9.97 Å². The van der Waals surface area contributed by atoms with Crippen LogP contribution in [-0.4, -0.2) is 70.2 Å². The van der Waals surface area contributed by atoms with Crippen LogP contribution in [0.25, 0.3) is 21.6 Å². The molecule has 1 aliphatic heterocycles. The number of nitrogens with one attached hydrogen (secondary N) is 3. The third kappa shape index (κ3) is 3.82. The number of H-pyrrole nitrogens is 1. The van der Waals surface area contributed by atoms with E-state index in [-0.39, 0.29) is 19.2 Å². The van der Waals surface area contributed by atoms with E-state index in [2.05, 4.69) is 20.0 Å². The van der Waals surface area contributed by atoms with Gasteiger partial charge in [0.15, 0.2) is 0 Å². The highest BCUT2D eigenvalue weighted by molar-refractivity contribution is 7.87. The molecule has 0 aromatic carbocycles. The lowest BCUT2D eigenvalue weighted by atomic mass is 10.0. The molecule has 0 amide bonds. The summed E-state index contributed by atoms with van der Waals surface area (Å²) in [5, 5.41) is 24.8. The third-order valence-corrected chi connectivity index (χ3v) is 10.1. The number of pyridine rings is 1. The van der Waals surface area contributed by atoms with Crippen LogP contribution in [0.4, 0.5) is 5.69 Å². The van der Waals surface area contributed by atoms with Crippen LogP contribution in [0, 0.1) is 11.8 Å². The van der Waals surface area contributed by atoms with E-state index in [0.29, 0.717) is 24.9 Å². The molecule has 1 saturated carbocycles. The summed E-state index contributed by atoms with van der Waals surface area (Å²) in [5.41, 5.74) is 3.72. The predicted octanol–water partition coefficient (Wildman–Crippen LogP) is 1.61. The Labute approximate surface area is 201 Å². The summed E-state index contributed by atoms with van der Waals surface area (Å²) in [6, 6.07) is 2.24. The number of anilines is 1. The normalized spacial score (nSPS) is 26.9. The number of hydrogen-bond donors (Lipinski definition) is 5. The van der Waals surface area contributed by atoms with Crippen LogP contribution in [0.3, 0.4) is 0 Å². The van der Waals surface area contributed by atoms with Gasteiger partial charge in [0, 0.05) is 43.5 Å². The van der Waals surface area contributed by atoms with Crippen molar-refractivity contribution < 1.29 is 18.6 Å². The first-order chi connectivity index (χ1) is 16.4. The lowest BCUT2D eigenvalue weighted by Crippen LogP contribution is -2.41. The van der Waals surface area contributed by atoms with Crippen molar-refractivity contribution in [2.75, 3.05) is 31.6 Å². The fourth-order valence-electron chi connectivity index (χ4n) is 5.69. The molecule has 4 heterocycles. The second-order valence-electron chi connectivity index (χ2n) is 9.44. The second kappa shape index (κ2) is 8.54. The molecule has 3 aromatic rings. The molecule has 2 aliphatic carbocycles. The van der Waals surface area contributed by atoms with Crippen LogP contribution in [0.1, 0.15) is 35.9 Å². The summed E-state index contributed by atoms with van der Waals surface area (Å²) in [7, 11) is -3.54. The lowest BCUT2D eigenvalue weighted by Gasteiger charge is -2.21. The number of aliphatic hydroxyl groups is 2. The third-order valence-electron chi connectivity index (χ3n) is 7.30. The first kappa shape index (κ1) is 22.4. The first-order valence-corrected chi connectivity index (χ1v) is 13.9. The number of hydrogen-bond acceptors (Lipinski definition) is 8. The van der Waals surface area contributed by atoms with Crippen LogP contribution in [-0.2, 0) is 16.6 Å².